The van der Waals surface area contributed by atoms with Crippen LogP contribution in [0.3, 0.4) is 0 Å². The number of nitrogens with zero attached hydrogens (tertiary/aromatic N) is 2. The Morgan fingerprint density at radius 2 is 1.75 bits per heavy atom. The van der Waals surface area contributed by atoms with Gasteiger partial charge in [0.05, 0.1) is 12.6 Å². The van der Waals surface area contributed by atoms with E-state index in [0.717, 1.165) is 51.5 Å². The third-order valence-electron chi connectivity index (χ3n) is 5.05. The molecule has 0 aliphatic carbocycles. The molecule has 154 valence electrons. The number of hydrogen-bond donors (Lipinski definition) is 3. The van der Waals surface area contributed by atoms with E-state index in [1.54, 1.807) is 18.4 Å². The van der Waals surface area contributed by atoms with Gasteiger partial charge in [0, 0.05) is 38.1 Å². The van der Waals surface area contributed by atoms with Crippen molar-refractivity contribution >= 4 is 41.3 Å². The minimum absolute atomic E-state index is 0. The molecule has 0 atom stereocenters. The summed E-state index contributed by atoms with van der Waals surface area (Å²) < 4.78 is 0. The monoisotopic (exact) mass is 514 g/mol. The zero-order valence-corrected chi connectivity index (χ0v) is 19.8. The van der Waals surface area contributed by atoms with Gasteiger partial charge < -0.3 is 15.7 Å². The highest BCUT2D eigenvalue weighted by molar-refractivity contribution is 14.0. The smallest absolute Gasteiger partial charge is 0.191 e. The Hall–Kier alpha value is -1.16. The van der Waals surface area contributed by atoms with Crippen LogP contribution < -0.4 is 10.6 Å². The zero-order chi connectivity index (χ0) is 19.1. The van der Waals surface area contributed by atoms with Crippen LogP contribution in [0.4, 0.5) is 0 Å². The summed E-state index contributed by atoms with van der Waals surface area (Å²) in [6.07, 6.45) is 1.67. The largest absolute Gasteiger partial charge is 0.393 e. The summed E-state index contributed by atoms with van der Waals surface area (Å²) in [6, 6.07) is 10.9. The van der Waals surface area contributed by atoms with Crippen LogP contribution in [-0.4, -0.2) is 42.2 Å². The number of piperidine rings is 1. The molecule has 1 aromatic carbocycles. The number of aliphatic imine (C=N–C) groups is 1. The van der Waals surface area contributed by atoms with E-state index in [4.69, 9.17) is 0 Å². The number of halogens is 1. The van der Waals surface area contributed by atoms with Gasteiger partial charge in [-0.25, -0.2) is 0 Å². The molecule has 0 unspecified atom stereocenters. The third-order valence-corrected chi connectivity index (χ3v) is 6.08. The quantitative estimate of drug-likeness (QED) is 0.314. The van der Waals surface area contributed by atoms with Crippen molar-refractivity contribution in [2.24, 2.45) is 4.99 Å². The Labute approximate surface area is 189 Å². The average Bonchev–Trinajstić information content (AvgIpc) is 3.10. The number of aryl methyl sites for hydroxylation is 1. The first-order valence-electron chi connectivity index (χ1n) is 9.60. The standard InChI is InChI=1S/C21H30N4OS.HI/c1-16-9-12-27-20(16)14-24-21(22-2)23-13-17-3-5-18(6-4-17)15-25-10-7-19(26)8-11-25;/h3-6,9,12,19,26H,7-8,10-11,13-15H2,1-2H3,(H2,22,23,24);1H. The van der Waals surface area contributed by atoms with Gasteiger partial charge in [0.1, 0.15) is 0 Å². The fraction of sp³-hybridized carbons (Fsp3) is 0.476. The first-order valence-corrected chi connectivity index (χ1v) is 10.5. The second kappa shape index (κ2) is 11.7. The first kappa shape index (κ1) is 23.1. The van der Waals surface area contributed by atoms with E-state index in [2.05, 4.69) is 63.2 Å². The number of aliphatic hydroxyl groups excluding tert-OH is 1. The predicted molar refractivity (Wildman–Crippen MR) is 128 cm³/mol. The highest BCUT2D eigenvalue weighted by Gasteiger charge is 2.16. The maximum absolute atomic E-state index is 9.61. The lowest BCUT2D eigenvalue weighted by Crippen LogP contribution is -2.36. The van der Waals surface area contributed by atoms with Gasteiger partial charge in [-0.1, -0.05) is 24.3 Å². The van der Waals surface area contributed by atoms with E-state index in [-0.39, 0.29) is 30.1 Å². The maximum atomic E-state index is 9.61. The van der Waals surface area contributed by atoms with Crippen LogP contribution in [0, 0.1) is 6.92 Å². The van der Waals surface area contributed by atoms with Crippen LogP contribution in [0.5, 0.6) is 0 Å². The molecule has 1 fully saturated rings. The second-order valence-electron chi connectivity index (χ2n) is 7.13. The lowest BCUT2D eigenvalue weighted by atomic mass is 10.1. The third kappa shape index (κ3) is 7.02. The Kier molecular flexibility index (Phi) is 9.70. The highest BCUT2D eigenvalue weighted by Crippen LogP contribution is 2.15. The van der Waals surface area contributed by atoms with Crippen LogP contribution in [0.1, 0.15) is 34.4 Å². The van der Waals surface area contributed by atoms with Crippen molar-refractivity contribution in [3.05, 3.63) is 57.3 Å². The van der Waals surface area contributed by atoms with E-state index in [9.17, 15) is 5.11 Å². The fourth-order valence-electron chi connectivity index (χ4n) is 3.25. The highest BCUT2D eigenvalue weighted by atomic mass is 127. The molecule has 0 amide bonds. The van der Waals surface area contributed by atoms with Gasteiger partial charge in [-0.3, -0.25) is 9.89 Å². The van der Waals surface area contributed by atoms with Crippen molar-refractivity contribution in [1.29, 1.82) is 0 Å². The summed E-state index contributed by atoms with van der Waals surface area (Å²) in [5, 5.41) is 18.5. The molecule has 3 N–H and O–H groups in total. The van der Waals surface area contributed by atoms with E-state index in [1.165, 1.54) is 21.6 Å². The molecule has 5 nitrogen and oxygen atoms in total. The fourth-order valence-corrected chi connectivity index (χ4v) is 4.10. The number of guanidine groups is 1. The molecule has 3 rings (SSSR count). The van der Waals surface area contributed by atoms with Crippen LogP contribution in [0.15, 0.2) is 40.7 Å². The van der Waals surface area contributed by atoms with E-state index in [0.29, 0.717) is 0 Å². The molecule has 0 spiro atoms. The lowest BCUT2D eigenvalue weighted by molar-refractivity contribution is 0.0792. The molecule has 1 aliphatic rings. The van der Waals surface area contributed by atoms with Crippen molar-refractivity contribution in [2.75, 3.05) is 20.1 Å². The van der Waals surface area contributed by atoms with Gasteiger partial charge in [0.15, 0.2) is 5.96 Å². The molecule has 7 heteroatoms. The molecule has 2 heterocycles. The van der Waals surface area contributed by atoms with Crippen LogP contribution in [0.25, 0.3) is 0 Å². The summed E-state index contributed by atoms with van der Waals surface area (Å²) in [4.78, 5) is 8.06. The molecule has 1 aliphatic heterocycles. The summed E-state index contributed by atoms with van der Waals surface area (Å²) in [5.41, 5.74) is 3.88. The van der Waals surface area contributed by atoms with Gasteiger partial charge in [0.2, 0.25) is 0 Å². The van der Waals surface area contributed by atoms with Crippen LogP contribution >= 0.6 is 35.3 Å². The topological polar surface area (TPSA) is 59.9 Å². The molecule has 1 aromatic heterocycles. The Morgan fingerprint density at radius 3 is 2.36 bits per heavy atom. The molecular weight excluding hydrogens is 483 g/mol. The van der Waals surface area contributed by atoms with Crippen molar-refractivity contribution < 1.29 is 5.11 Å². The maximum Gasteiger partial charge on any atom is 0.191 e. The molecule has 0 bridgehead atoms. The Morgan fingerprint density at radius 1 is 1.11 bits per heavy atom. The number of aliphatic hydroxyl groups is 1. The van der Waals surface area contributed by atoms with Gasteiger partial charge >= 0.3 is 0 Å². The number of rotatable bonds is 6. The normalized spacial score (nSPS) is 15.9. The summed E-state index contributed by atoms with van der Waals surface area (Å²) in [5.74, 6) is 0.818. The number of thiophene rings is 1. The average molecular weight is 514 g/mol. The minimum Gasteiger partial charge on any atom is -0.393 e. The predicted octanol–water partition coefficient (Wildman–Crippen LogP) is 3.50. The van der Waals surface area contributed by atoms with E-state index in [1.807, 2.05) is 0 Å². The van der Waals surface area contributed by atoms with Crippen molar-refractivity contribution in [3.63, 3.8) is 0 Å². The summed E-state index contributed by atoms with van der Waals surface area (Å²) in [7, 11) is 1.80. The molecular formula is C21H31IN4OS. The minimum atomic E-state index is -0.110. The van der Waals surface area contributed by atoms with Gasteiger partial charge in [0.25, 0.3) is 0 Å². The number of nitrogens with one attached hydrogen (secondary N) is 2. The van der Waals surface area contributed by atoms with Crippen molar-refractivity contribution in [3.8, 4) is 0 Å². The Balaban J connectivity index is 0.00000280. The second-order valence-corrected chi connectivity index (χ2v) is 8.13. The molecule has 2 aromatic rings. The summed E-state index contributed by atoms with van der Waals surface area (Å²) >= 11 is 1.77. The van der Waals surface area contributed by atoms with Crippen LogP contribution in [0.2, 0.25) is 0 Å². The SMILES string of the molecule is CN=C(NCc1ccc(CN2CCC(O)CC2)cc1)NCc1sccc1C.I. The Bertz CT molecular complexity index is 739. The van der Waals surface area contributed by atoms with Gasteiger partial charge in [-0.2, -0.15) is 0 Å². The summed E-state index contributed by atoms with van der Waals surface area (Å²) in [6.45, 7) is 6.61. The number of benzene rings is 1. The van der Waals surface area contributed by atoms with Gasteiger partial charge in [-0.05, 0) is 47.9 Å². The lowest BCUT2D eigenvalue weighted by Gasteiger charge is -2.29. The molecule has 1 saturated heterocycles. The van der Waals surface area contributed by atoms with Crippen molar-refractivity contribution in [2.45, 2.75) is 45.5 Å². The van der Waals surface area contributed by atoms with E-state index < -0.39 is 0 Å². The number of likely N-dealkylation sites (tertiary alicyclic amines) is 1. The number of hydrogen-bond acceptors (Lipinski definition) is 4. The first-order chi connectivity index (χ1) is 13.1. The van der Waals surface area contributed by atoms with Crippen LogP contribution in [-0.2, 0) is 19.6 Å². The van der Waals surface area contributed by atoms with Crippen molar-refractivity contribution in [1.82, 2.24) is 15.5 Å². The van der Waals surface area contributed by atoms with E-state index >= 15 is 0 Å². The molecule has 0 radical (unpaired) electrons. The zero-order valence-electron chi connectivity index (χ0n) is 16.6. The molecule has 0 saturated carbocycles. The van der Waals surface area contributed by atoms with Gasteiger partial charge in [-0.15, -0.1) is 35.3 Å². The molecule has 28 heavy (non-hydrogen) atoms.